The van der Waals surface area contributed by atoms with Crippen LogP contribution < -0.4 is 4.74 Å². The van der Waals surface area contributed by atoms with Crippen molar-refractivity contribution in [2.45, 2.75) is 26.7 Å². The monoisotopic (exact) mass is 226 g/mol. The van der Waals surface area contributed by atoms with E-state index in [9.17, 15) is 0 Å². The van der Waals surface area contributed by atoms with Crippen LogP contribution in [0.5, 0.6) is 5.88 Å². The fourth-order valence-electron chi connectivity index (χ4n) is 1.02. The third kappa shape index (κ3) is 2.93. The lowest BCUT2D eigenvalue weighted by Gasteiger charge is -2.10. The average Bonchev–Trinajstić information content (AvgIpc) is 2.19. The quantitative estimate of drug-likeness (QED) is 0.585. The Morgan fingerprint density at radius 3 is 2.67 bits per heavy atom. The van der Waals surface area contributed by atoms with Gasteiger partial charge >= 0.3 is 0 Å². The van der Waals surface area contributed by atoms with Gasteiger partial charge in [-0.05, 0) is 6.92 Å². The second kappa shape index (κ2) is 5.12. The van der Waals surface area contributed by atoms with Gasteiger partial charge in [-0.3, -0.25) is 0 Å². The summed E-state index contributed by atoms with van der Waals surface area (Å²) in [5, 5.41) is 0.452. The minimum atomic E-state index is 0.231. The molecule has 1 heterocycles. The highest BCUT2D eigenvalue weighted by molar-refractivity contribution is 6.30. The van der Waals surface area contributed by atoms with Crippen LogP contribution in [0.2, 0.25) is 5.15 Å². The van der Waals surface area contributed by atoms with Gasteiger partial charge < -0.3 is 4.74 Å². The highest BCUT2D eigenvalue weighted by Gasteiger charge is 2.12. The molecule has 0 saturated carbocycles. The molecule has 0 aliphatic heterocycles. The zero-order chi connectivity index (χ0) is 11.4. The minimum absolute atomic E-state index is 0.231. The summed E-state index contributed by atoms with van der Waals surface area (Å²) in [6.45, 7) is 9.87. The van der Waals surface area contributed by atoms with Crippen molar-refractivity contribution in [1.82, 2.24) is 9.97 Å². The number of hydrogen-bond donors (Lipinski definition) is 0. The maximum Gasteiger partial charge on any atom is 0.221 e. The van der Waals surface area contributed by atoms with Gasteiger partial charge in [0.05, 0.1) is 0 Å². The molecule has 0 fully saturated rings. The normalized spacial score (nSPS) is 10.5. The van der Waals surface area contributed by atoms with Crippen LogP contribution in [0.25, 0.3) is 0 Å². The summed E-state index contributed by atoms with van der Waals surface area (Å²) in [6, 6.07) is 0. The van der Waals surface area contributed by atoms with Crippen LogP contribution in [0.15, 0.2) is 12.7 Å². The van der Waals surface area contributed by atoms with E-state index in [1.807, 2.05) is 20.8 Å². The molecule has 0 aliphatic rings. The Balaban J connectivity index is 3.07. The lowest BCUT2D eigenvalue weighted by atomic mass is 10.2. The van der Waals surface area contributed by atoms with Crippen molar-refractivity contribution in [1.29, 1.82) is 0 Å². The molecule has 0 atom stereocenters. The van der Waals surface area contributed by atoms with Gasteiger partial charge in [0.1, 0.15) is 17.6 Å². The van der Waals surface area contributed by atoms with Crippen molar-refractivity contribution < 1.29 is 4.74 Å². The Kier molecular flexibility index (Phi) is 4.09. The van der Waals surface area contributed by atoms with Crippen LogP contribution in [-0.4, -0.2) is 16.6 Å². The summed E-state index contributed by atoms with van der Waals surface area (Å²) in [5.74, 6) is 1.47. The van der Waals surface area contributed by atoms with Gasteiger partial charge in [-0.15, -0.1) is 0 Å². The number of nitrogens with zero attached hydrogens (tertiary/aromatic N) is 2. The number of halogens is 1. The molecular weight excluding hydrogens is 212 g/mol. The number of hydrogen-bond acceptors (Lipinski definition) is 3. The van der Waals surface area contributed by atoms with Crippen LogP contribution in [0.4, 0.5) is 0 Å². The molecule has 3 nitrogen and oxygen atoms in total. The molecule has 82 valence electrons. The third-order valence-electron chi connectivity index (χ3n) is 1.91. The summed E-state index contributed by atoms with van der Waals surface area (Å²) in [4.78, 5) is 8.49. The number of rotatable bonds is 4. The molecule has 0 unspecified atom stereocenters. The van der Waals surface area contributed by atoms with Crippen molar-refractivity contribution in [3.05, 3.63) is 29.2 Å². The largest absolute Gasteiger partial charge is 0.473 e. The Morgan fingerprint density at radius 2 is 2.13 bits per heavy atom. The van der Waals surface area contributed by atoms with Gasteiger partial charge in [-0.1, -0.05) is 38.1 Å². The first kappa shape index (κ1) is 12.0. The molecule has 1 aromatic heterocycles. The van der Waals surface area contributed by atoms with Crippen molar-refractivity contribution in [3.63, 3.8) is 0 Å². The van der Waals surface area contributed by atoms with Gasteiger partial charge in [-0.25, -0.2) is 4.98 Å². The Labute approximate surface area is 95.2 Å². The Hall–Kier alpha value is -1.09. The number of ether oxygens (including phenoxy) is 1. The van der Waals surface area contributed by atoms with E-state index in [2.05, 4.69) is 16.5 Å². The first-order valence-electron chi connectivity index (χ1n) is 4.84. The van der Waals surface area contributed by atoms with Gasteiger partial charge in [-0.2, -0.15) is 4.98 Å². The molecule has 0 bridgehead atoms. The fourth-order valence-corrected chi connectivity index (χ4v) is 1.19. The minimum Gasteiger partial charge on any atom is -0.473 e. The summed E-state index contributed by atoms with van der Waals surface area (Å²) >= 11 is 5.99. The van der Waals surface area contributed by atoms with E-state index in [-0.39, 0.29) is 5.92 Å². The number of aromatic nitrogens is 2. The molecule has 0 amide bonds. The van der Waals surface area contributed by atoms with Crippen molar-refractivity contribution >= 4 is 11.6 Å². The highest BCUT2D eigenvalue weighted by Crippen LogP contribution is 2.24. The van der Waals surface area contributed by atoms with Crippen molar-refractivity contribution in [2.24, 2.45) is 0 Å². The first-order chi connectivity index (χ1) is 7.06. The predicted molar refractivity (Wildman–Crippen MR) is 61.6 cm³/mol. The lowest BCUT2D eigenvalue weighted by Crippen LogP contribution is -2.05. The lowest BCUT2D eigenvalue weighted by molar-refractivity contribution is 0.343. The Bertz CT molecular complexity index is 364. The van der Waals surface area contributed by atoms with Crippen LogP contribution >= 0.6 is 11.6 Å². The molecule has 0 spiro atoms. The van der Waals surface area contributed by atoms with E-state index in [4.69, 9.17) is 16.3 Å². The van der Waals surface area contributed by atoms with Gasteiger partial charge in [0.2, 0.25) is 5.88 Å². The molecule has 0 radical (unpaired) electrons. The molecule has 0 N–H and O–H groups in total. The molecule has 0 aliphatic carbocycles. The third-order valence-corrected chi connectivity index (χ3v) is 2.28. The van der Waals surface area contributed by atoms with E-state index < -0.39 is 0 Å². The fraction of sp³-hybridized carbons (Fsp3) is 0.455. The highest BCUT2D eigenvalue weighted by atomic mass is 35.5. The molecular formula is C11H15ClN2O. The van der Waals surface area contributed by atoms with Gasteiger partial charge in [0.15, 0.2) is 0 Å². The maximum absolute atomic E-state index is 5.99. The second-order valence-corrected chi connectivity index (χ2v) is 3.92. The smallest absolute Gasteiger partial charge is 0.221 e. The molecule has 1 aromatic rings. The van der Waals surface area contributed by atoms with E-state index in [0.29, 0.717) is 23.5 Å². The van der Waals surface area contributed by atoms with Crippen molar-refractivity contribution in [2.75, 3.05) is 6.61 Å². The van der Waals surface area contributed by atoms with Crippen LogP contribution in [-0.2, 0) is 0 Å². The topological polar surface area (TPSA) is 35.0 Å². The average molecular weight is 227 g/mol. The molecule has 15 heavy (non-hydrogen) atoms. The molecule has 0 aromatic carbocycles. The summed E-state index contributed by atoms with van der Waals surface area (Å²) in [5.41, 5.74) is 0.767. The molecule has 1 rings (SSSR count). The van der Waals surface area contributed by atoms with E-state index in [1.54, 1.807) is 6.08 Å². The van der Waals surface area contributed by atoms with Crippen LogP contribution in [0.1, 0.15) is 31.2 Å². The SMILES string of the molecule is C=CCOc1nc(C(C)C)nc(Cl)c1C. The van der Waals surface area contributed by atoms with Crippen LogP contribution in [0, 0.1) is 6.92 Å². The van der Waals surface area contributed by atoms with Gasteiger partial charge in [0, 0.05) is 11.5 Å². The zero-order valence-corrected chi connectivity index (χ0v) is 10.0. The van der Waals surface area contributed by atoms with E-state index >= 15 is 0 Å². The Morgan fingerprint density at radius 1 is 1.47 bits per heavy atom. The second-order valence-electron chi connectivity index (χ2n) is 3.56. The van der Waals surface area contributed by atoms with E-state index in [0.717, 1.165) is 5.56 Å². The molecule has 4 heteroatoms. The standard InChI is InChI=1S/C11H15ClN2O/c1-5-6-15-11-8(4)9(12)13-10(14-11)7(2)3/h5,7H,1,6H2,2-4H3. The molecule has 0 saturated heterocycles. The van der Waals surface area contributed by atoms with Crippen molar-refractivity contribution in [3.8, 4) is 5.88 Å². The summed E-state index contributed by atoms with van der Waals surface area (Å²) in [6.07, 6.45) is 1.67. The maximum atomic E-state index is 5.99. The summed E-state index contributed by atoms with van der Waals surface area (Å²) < 4.78 is 5.40. The predicted octanol–water partition coefficient (Wildman–Crippen LogP) is 3.13. The summed E-state index contributed by atoms with van der Waals surface area (Å²) in [7, 11) is 0. The van der Waals surface area contributed by atoms with Gasteiger partial charge in [0.25, 0.3) is 0 Å². The zero-order valence-electron chi connectivity index (χ0n) is 9.25. The van der Waals surface area contributed by atoms with E-state index in [1.165, 1.54) is 0 Å². The van der Waals surface area contributed by atoms with Crippen LogP contribution in [0.3, 0.4) is 0 Å². The first-order valence-corrected chi connectivity index (χ1v) is 5.21.